The summed E-state index contributed by atoms with van der Waals surface area (Å²) in [7, 11) is 0. The van der Waals surface area contributed by atoms with Crippen LogP contribution in [0.2, 0.25) is 0 Å². The number of ether oxygens (including phenoxy) is 1. The van der Waals surface area contributed by atoms with Crippen LogP contribution in [0, 0.1) is 10.1 Å². The van der Waals surface area contributed by atoms with Crippen LogP contribution in [-0.4, -0.2) is 36.9 Å². The number of esters is 1. The van der Waals surface area contributed by atoms with Crippen LogP contribution in [0.3, 0.4) is 0 Å². The minimum atomic E-state index is -0.861. The Kier molecular flexibility index (Phi) is 7.57. The second kappa shape index (κ2) is 8.12. The van der Waals surface area contributed by atoms with Gasteiger partial charge in [0.1, 0.15) is 6.04 Å². The summed E-state index contributed by atoms with van der Waals surface area (Å²) in [6.45, 7) is 0.952. The van der Waals surface area contributed by atoms with Gasteiger partial charge in [0.05, 0.1) is 13.2 Å². The van der Waals surface area contributed by atoms with Crippen molar-refractivity contribution in [2.45, 2.75) is 25.3 Å². The van der Waals surface area contributed by atoms with Gasteiger partial charge in [0.2, 0.25) is 0 Å². The van der Waals surface area contributed by atoms with Gasteiger partial charge in [-0.3, -0.25) is 4.79 Å². The lowest BCUT2D eigenvalue weighted by Crippen LogP contribution is -2.32. The fourth-order valence-corrected chi connectivity index (χ4v) is 1.36. The van der Waals surface area contributed by atoms with Gasteiger partial charge in [0.25, 0.3) is 5.09 Å². The third-order valence-electron chi connectivity index (χ3n) is 2.07. The monoisotopic (exact) mass is 254 g/mol. The molecule has 8 heteroatoms. The summed E-state index contributed by atoms with van der Waals surface area (Å²) in [5.74, 6) is -0.284. The summed E-state index contributed by atoms with van der Waals surface area (Å²) in [4.78, 5) is 25.1. The zero-order chi connectivity index (χ0) is 11.1. The van der Waals surface area contributed by atoms with E-state index >= 15 is 0 Å². The SMILES string of the molecule is Cl.O=C(OCCCO[N+](=O)[O-])C1CCCN1. The van der Waals surface area contributed by atoms with Crippen LogP contribution in [0.1, 0.15) is 19.3 Å². The molecule has 0 radical (unpaired) electrons. The van der Waals surface area contributed by atoms with Crippen molar-refractivity contribution < 1.29 is 19.5 Å². The summed E-state index contributed by atoms with van der Waals surface area (Å²) >= 11 is 0. The quantitative estimate of drug-likeness (QED) is 0.317. The first-order valence-electron chi connectivity index (χ1n) is 4.87. The molecule has 0 bridgehead atoms. The summed E-state index contributed by atoms with van der Waals surface area (Å²) in [5, 5.41) is 11.9. The Hall–Kier alpha value is -1.08. The van der Waals surface area contributed by atoms with Crippen LogP contribution < -0.4 is 5.32 Å². The number of halogens is 1. The molecule has 1 unspecified atom stereocenters. The molecule has 0 saturated carbocycles. The number of nitrogens with one attached hydrogen (secondary N) is 1. The maximum atomic E-state index is 11.3. The van der Waals surface area contributed by atoms with Crippen molar-refractivity contribution in [1.82, 2.24) is 5.32 Å². The molecule has 0 aliphatic carbocycles. The topological polar surface area (TPSA) is 90.7 Å². The maximum Gasteiger partial charge on any atom is 0.323 e. The standard InChI is InChI=1S/C8H14N2O5.ClH/c11-8(7-3-1-4-9-7)14-5-2-6-15-10(12)13;/h7,9H,1-6H2;1H. The fourth-order valence-electron chi connectivity index (χ4n) is 1.36. The maximum absolute atomic E-state index is 11.3. The molecule has 0 aromatic rings. The Labute approximate surface area is 99.0 Å². The highest BCUT2D eigenvalue weighted by atomic mass is 35.5. The zero-order valence-electron chi connectivity index (χ0n) is 8.72. The van der Waals surface area contributed by atoms with Crippen molar-refractivity contribution in [3.63, 3.8) is 0 Å². The van der Waals surface area contributed by atoms with Gasteiger partial charge in [-0.15, -0.1) is 22.5 Å². The smallest absolute Gasteiger partial charge is 0.323 e. The molecule has 1 atom stereocenters. The van der Waals surface area contributed by atoms with Gasteiger partial charge < -0.3 is 14.9 Å². The Morgan fingerprint density at radius 2 is 2.25 bits per heavy atom. The number of hydrogen-bond donors (Lipinski definition) is 1. The third kappa shape index (κ3) is 5.72. The van der Waals surface area contributed by atoms with Gasteiger partial charge in [-0.1, -0.05) is 0 Å². The highest BCUT2D eigenvalue weighted by molar-refractivity contribution is 5.85. The molecule has 0 aromatic carbocycles. The molecular formula is C8H15ClN2O5. The van der Waals surface area contributed by atoms with Crippen molar-refractivity contribution >= 4 is 18.4 Å². The second-order valence-electron chi connectivity index (χ2n) is 3.23. The molecule has 1 N–H and O–H groups in total. The highest BCUT2D eigenvalue weighted by Crippen LogP contribution is 2.06. The molecule has 1 fully saturated rings. The van der Waals surface area contributed by atoms with Crippen LogP contribution in [0.15, 0.2) is 0 Å². The van der Waals surface area contributed by atoms with E-state index in [1.54, 1.807) is 0 Å². The molecule has 7 nitrogen and oxygen atoms in total. The number of carbonyl (C=O) groups excluding carboxylic acids is 1. The Morgan fingerprint density at radius 3 is 2.81 bits per heavy atom. The van der Waals surface area contributed by atoms with Crippen LogP contribution in [0.25, 0.3) is 0 Å². The van der Waals surface area contributed by atoms with E-state index < -0.39 is 5.09 Å². The highest BCUT2D eigenvalue weighted by Gasteiger charge is 2.22. The van der Waals surface area contributed by atoms with Crippen molar-refractivity contribution in [1.29, 1.82) is 0 Å². The van der Waals surface area contributed by atoms with Crippen LogP contribution in [0.5, 0.6) is 0 Å². The summed E-state index contributed by atoms with van der Waals surface area (Å²) in [5.41, 5.74) is 0. The van der Waals surface area contributed by atoms with E-state index in [-0.39, 0.29) is 37.6 Å². The largest absolute Gasteiger partial charge is 0.464 e. The summed E-state index contributed by atoms with van der Waals surface area (Å²) < 4.78 is 4.90. The average Bonchev–Trinajstić information content (AvgIpc) is 2.69. The average molecular weight is 255 g/mol. The first kappa shape index (κ1) is 14.9. The van der Waals surface area contributed by atoms with E-state index in [4.69, 9.17) is 4.74 Å². The first-order valence-corrected chi connectivity index (χ1v) is 4.87. The number of nitrogens with zero attached hydrogens (tertiary/aromatic N) is 1. The molecule has 1 heterocycles. The van der Waals surface area contributed by atoms with E-state index in [0.717, 1.165) is 19.4 Å². The van der Waals surface area contributed by atoms with E-state index in [0.29, 0.717) is 6.42 Å². The molecule has 1 aliphatic rings. The Bertz CT molecular complexity index is 232. The Balaban J connectivity index is 0.00000225. The van der Waals surface area contributed by atoms with Crippen LogP contribution in [0.4, 0.5) is 0 Å². The van der Waals surface area contributed by atoms with Gasteiger partial charge in [0, 0.05) is 6.42 Å². The summed E-state index contributed by atoms with van der Waals surface area (Å²) in [6.07, 6.45) is 2.11. The van der Waals surface area contributed by atoms with Gasteiger partial charge in [-0.2, -0.15) is 0 Å². The van der Waals surface area contributed by atoms with Crippen molar-refractivity contribution in [3.05, 3.63) is 10.1 Å². The lowest BCUT2D eigenvalue weighted by Gasteiger charge is -2.09. The van der Waals surface area contributed by atoms with E-state index in [9.17, 15) is 14.9 Å². The second-order valence-corrected chi connectivity index (χ2v) is 3.23. The van der Waals surface area contributed by atoms with E-state index in [1.165, 1.54) is 0 Å². The molecule has 16 heavy (non-hydrogen) atoms. The predicted octanol–water partition coefficient (Wildman–Crippen LogP) is 0.302. The van der Waals surface area contributed by atoms with Crippen LogP contribution >= 0.6 is 12.4 Å². The van der Waals surface area contributed by atoms with Crippen molar-refractivity contribution in [2.75, 3.05) is 19.8 Å². The van der Waals surface area contributed by atoms with Gasteiger partial charge in [-0.05, 0) is 19.4 Å². The van der Waals surface area contributed by atoms with Crippen molar-refractivity contribution in [3.8, 4) is 0 Å². The van der Waals surface area contributed by atoms with Crippen LogP contribution in [-0.2, 0) is 14.4 Å². The predicted molar refractivity (Wildman–Crippen MR) is 56.8 cm³/mol. The number of rotatable bonds is 6. The van der Waals surface area contributed by atoms with Gasteiger partial charge in [-0.25, -0.2) is 0 Å². The molecular weight excluding hydrogens is 240 g/mol. The molecule has 0 spiro atoms. The summed E-state index contributed by atoms with van der Waals surface area (Å²) in [6, 6.07) is -0.207. The lowest BCUT2D eigenvalue weighted by molar-refractivity contribution is -0.757. The minimum Gasteiger partial charge on any atom is -0.464 e. The Morgan fingerprint density at radius 1 is 1.50 bits per heavy atom. The molecule has 1 rings (SSSR count). The fraction of sp³-hybridized carbons (Fsp3) is 0.875. The molecule has 1 aliphatic heterocycles. The number of carbonyl (C=O) groups is 1. The third-order valence-corrected chi connectivity index (χ3v) is 2.07. The van der Waals surface area contributed by atoms with Crippen molar-refractivity contribution in [2.24, 2.45) is 0 Å². The zero-order valence-corrected chi connectivity index (χ0v) is 9.53. The van der Waals surface area contributed by atoms with E-state index in [1.807, 2.05) is 0 Å². The molecule has 1 saturated heterocycles. The van der Waals surface area contributed by atoms with E-state index in [2.05, 4.69) is 10.2 Å². The number of hydrogen-bond acceptors (Lipinski definition) is 6. The normalized spacial score (nSPS) is 18.6. The van der Waals surface area contributed by atoms with Gasteiger partial charge in [0.15, 0.2) is 0 Å². The van der Waals surface area contributed by atoms with Gasteiger partial charge >= 0.3 is 5.97 Å². The molecule has 94 valence electrons. The molecule has 0 amide bonds. The minimum absolute atomic E-state index is 0. The first-order chi connectivity index (χ1) is 7.20. The lowest BCUT2D eigenvalue weighted by atomic mass is 10.2. The molecule has 0 aromatic heterocycles.